The Morgan fingerprint density at radius 2 is 0.930 bits per heavy atom. The first kappa shape index (κ1) is 41.8. The molecule has 0 N–H and O–H groups in total. The zero-order valence-corrected chi connectivity index (χ0v) is 39.2. The topological polar surface area (TPSA) is 12.9 Å². The van der Waals surface area contributed by atoms with Gasteiger partial charge in [-0.05, 0) is 48.4 Å². The second kappa shape index (κ2) is 28.5. The predicted octanol–water partition coefficient (Wildman–Crippen LogP) is 5.46. The number of benzene rings is 2. The molecule has 0 fully saturated rings. The van der Waals surface area contributed by atoms with E-state index in [1.165, 1.54) is 29.9 Å². The molecular weight excluding hydrogens is 990 g/mol. The average molecular weight is 1000 g/mol. The fourth-order valence-corrected chi connectivity index (χ4v) is 52.0. The van der Waals surface area contributed by atoms with Crippen molar-refractivity contribution < 1.29 is 4.39 Å². The smallest absolute Gasteiger partial charge is 0.123 e. The third-order valence-electron chi connectivity index (χ3n) is 3.93. The number of halogens is 2. The Balaban J connectivity index is 0.000000300. The molecule has 1 aromatic heterocycles. The van der Waals surface area contributed by atoms with E-state index in [9.17, 15) is 4.39 Å². The van der Waals surface area contributed by atoms with Crippen molar-refractivity contribution in [1.82, 2.24) is 4.98 Å². The Hall–Kier alpha value is 2.65. The molecule has 0 unspecified atom stereocenters. The van der Waals surface area contributed by atoms with Crippen LogP contribution >= 0.6 is 11.6 Å². The molecule has 3 aromatic rings. The molecule has 0 spiro atoms. The highest BCUT2D eigenvalue weighted by molar-refractivity contribution is 8.78. The maximum absolute atomic E-state index is 13.0. The van der Waals surface area contributed by atoms with E-state index in [-0.39, 0.29) is 5.82 Å². The fourth-order valence-electron chi connectivity index (χ4n) is 2.47. The van der Waals surface area contributed by atoms with E-state index in [4.69, 9.17) is 34.0 Å². The molecule has 0 atom stereocenters. The quantitative estimate of drug-likeness (QED) is 0.339. The van der Waals surface area contributed by atoms with Crippen LogP contribution in [0.1, 0.15) is 5.56 Å². The van der Waals surface area contributed by atoms with Gasteiger partial charge in [-0.1, -0.05) is 35.9 Å². The van der Waals surface area contributed by atoms with Gasteiger partial charge in [-0.25, -0.2) is 4.39 Å². The molecule has 2 aromatic carbocycles. The molecule has 0 saturated carbocycles. The monoisotopic (exact) mass is 1000 g/mol. The van der Waals surface area contributed by atoms with Gasteiger partial charge in [0.2, 0.25) is 0 Å². The van der Waals surface area contributed by atoms with Crippen molar-refractivity contribution in [2.24, 2.45) is 0 Å². The summed E-state index contributed by atoms with van der Waals surface area (Å²) in [5, 5.41) is 0.707. The Morgan fingerprint density at radius 3 is 1.30 bits per heavy atom. The highest BCUT2D eigenvalue weighted by Gasteiger charge is 2.06. The summed E-state index contributed by atoms with van der Waals surface area (Å²) in [6.07, 6.45) is 1.83. The van der Waals surface area contributed by atoms with Gasteiger partial charge in [-0.15, -0.1) is 0 Å². The first-order chi connectivity index (χ1) is 21.0. The maximum Gasteiger partial charge on any atom is 0.123 e. The lowest BCUT2D eigenvalue weighted by Gasteiger charge is -2.08. The number of aryl methyl sites for hydroxylation is 1. The van der Waals surface area contributed by atoms with E-state index in [2.05, 4.69) is 4.98 Å². The number of hydrogen-bond donors (Lipinski definition) is 0. The van der Waals surface area contributed by atoms with E-state index < -0.39 is 0 Å². The lowest BCUT2D eigenvalue weighted by atomic mass is 10.0. The first-order valence-electron chi connectivity index (χ1n) is 10.1. The highest BCUT2D eigenvalue weighted by atomic mass is 35.5. The van der Waals surface area contributed by atoms with E-state index in [0.717, 1.165) is 27.9 Å². The predicted molar refractivity (Wildman–Crippen MR) is 247 cm³/mol. The fraction of sp³-hybridized carbons (Fsp3) is 0.0556. The number of hydrogen-bond acceptors (Lipinski definition) is 3. The van der Waals surface area contributed by atoms with Crippen LogP contribution in [-0.2, 0) is 200 Å². The summed E-state index contributed by atoms with van der Waals surface area (Å²) in [6.45, 7) is 2.03. The second-order valence-corrected chi connectivity index (χ2v) is 42.1. The van der Waals surface area contributed by atoms with Gasteiger partial charge in [0.05, 0.1) is 5.69 Å². The molecule has 43 heavy (non-hydrogen) atoms. The van der Waals surface area contributed by atoms with Crippen LogP contribution in [0.15, 0.2) is 60.8 Å². The van der Waals surface area contributed by atoms with E-state index in [1.54, 1.807) is 172 Å². The third-order valence-corrected chi connectivity index (χ3v) is 46.4. The minimum atomic E-state index is -0.234. The highest BCUT2D eigenvalue weighted by Crippen LogP contribution is 2.27. The van der Waals surface area contributed by atoms with Crippen LogP contribution in [0.4, 0.5) is 4.39 Å². The van der Waals surface area contributed by atoms with Crippen molar-refractivity contribution in [3.8, 4) is 22.4 Å². The van der Waals surface area contributed by atoms with Crippen LogP contribution in [0, 0.1) is 12.7 Å². The molecule has 236 valence electrons. The van der Waals surface area contributed by atoms with Gasteiger partial charge in [0.15, 0.2) is 0 Å². The molecule has 1 nitrogen and oxygen atoms in total. The van der Waals surface area contributed by atoms with Gasteiger partial charge in [-0.2, -0.15) is 0 Å². The molecule has 0 bridgehead atoms. The SMILES string of the molecule is Cc1cc(-c2ccc(Cl)cc2)ncc1-c1ccc(F)cc1.S=S=S=S=S=S=S=S=S=S=S=S=S=S=S=S=S=S=S=S=S=S. The zero-order valence-electron chi connectivity index (χ0n) is 20.5. The Bertz CT molecular complexity index is 2220. The number of nitrogens with zero attached hydrogens (tertiary/aromatic N) is 1. The lowest BCUT2D eigenvalue weighted by molar-refractivity contribution is 0.628. The molecule has 3 rings (SSSR count). The maximum atomic E-state index is 13.0. The molecule has 0 aliphatic heterocycles. The van der Waals surface area contributed by atoms with Crippen LogP contribution in [0.2, 0.25) is 5.02 Å². The molecule has 0 amide bonds. The van der Waals surface area contributed by atoms with Crippen LogP contribution in [0.3, 0.4) is 0 Å². The van der Waals surface area contributed by atoms with E-state index in [1.807, 2.05) is 43.5 Å². The summed E-state index contributed by atoms with van der Waals surface area (Å²) in [7, 11) is 34.5. The lowest BCUT2D eigenvalue weighted by Crippen LogP contribution is -1.90. The van der Waals surface area contributed by atoms with Gasteiger partial charge in [0.1, 0.15) is 5.82 Å². The van der Waals surface area contributed by atoms with Crippen LogP contribution in [0.5, 0.6) is 0 Å². The number of aromatic nitrogens is 1. The van der Waals surface area contributed by atoms with Crippen molar-refractivity contribution in [1.29, 1.82) is 0 Å². The molecular formula is C18H13ClFNS22. The molecule has 0 saturated heterocycles. The minimum Gasteiger partial charge on any atom is -0.256 e. The molecule has 0 aliphatic rings. The Labute approximate surface area is 321 Å². The van der Waals surface area contributed by atoms with Crippen molar-refractivity contribution >= 4 is 212 Å². The third kappa shape index (κ3) is 20.7. The zero-order chi connectivity index (χ0) is 31.0. The number of rotatable bonds is 2. The van der Waals surface area contributed by atoms with Crippen molar-refractivity contribution in [2.75, 3.05) is 0 Å². The standard InChI is InChI=1S/C18H13ClFN.S22/c1-12-10-18(14-2-6-15(19)7-3-14)21-11-17(12)13-4-8-16(20)9-5-13;1-3-5-7-9-11-13-15-17-19-21-22-20-18-16-14-12-10-8-6-4-2/h2-11H,1H3;. The van der Waals surface area contributed by atoms with Crippen LogP contribution < -0.4 is 0 Å². The summed E-state index contributed by atoms with van der Waals surface area (Å²) in [4.78, 5) is 4.50. The molecule has 25 heteroatoms. The summed E-state index contributed by atoms with van der Waals surface area (Å²) in [5.74, 6) is -0.234. The van der Waals surface area contributed by atoms with Gasteiger partial charge < -0.3 is 0 Å². The largest absolute Gasteiger partial charge is 0.256 e. The summed E-state index contributed by atoms with van der Waals surface area (Å²) in [6, 6.07) is 16.1. The van der Waals surface area contributed by atoms with Crippen molar-refractivity contribution in [3.63, 3.8) is 0 Å². The van der Waals surface area contributed by atoms with Crippen LogP contribution in [-0.4, -0.2) is 4.98 Å². The summed E-state index contributed by atoms with van der Waals surface area (Å²) < 4.78 is 13.0. The minimum absolute atomic E-state index is 0.234. The van der Waals surface area contributed by atoms with E-state index >= 15 is 0 Å². The first-order valence-corrected chi connectivity index (χ1v) is 38.5. The molecule has 0 aliphatic carbocycles. The van der Waals surface area contributed by atoms with Gasteiger partial charge in [0, 0.05) is 222 Å². The summed E-state index contributed by atoms with van der Waals surface area (Å²) >= 11 is 15.4. The van der Waals surface area contributed by atoms with Gasteiger partial charge >= 0.3 is 0 Å². The molecule has 0 radical (unpaired) electrons. The normalized spacial score (nSPS) is 9.00. The molecule has 1 heterocycles. The Kier molecular flexibility index (Phi) is 27.7. The second-order valence-electron chi connectivity index (χ2n) is 6.26. The van der Waals surface area contributed by atoms with Crippen LogP contribution in [0.25, 0.3) is 22.4 Å². The van der Waals surface area contributed by atoms with Crippen molar-refractivity contribution in [2.45, 2.75) is 6.92 Å². The van der Waals surface area contributed by atoms with Gasteiger partial charge in [-0.3, -0.25) is 4.98 Å². The average Bonchev–Trinajstić information content (AvgIpc) is 3.02. The Morgan fingerprint density at radius 1 is 0.558 bits per heavy atom. The van der Waals surface area contributed by atoms with E-state index in [0.29, 0.717) is 5.02 Å². The van der Waals surface area contributed by atoms with Gasteiger partial charge in [0.25, 0.3) is 0 Å². The number of pyridine rings is 1. The summed E-state index contributed by atoms with van der Waals surface area (Å²) in [5.41, 5.74) is 4.99. The van der Waals surface area contributed by atoms with Crippen molar-refractivity contribution in [3.05, 3.63) is 77.2 Å².